The van der Waals surface area contributed by atoms with Crippen LogP contribution in [-0.2, 0) is 22.7 Å². The molecule has 0 spiro atoms. The molecule has 14 heteroatoms. The topological polar surface area (TPSA) is 112 Å². The molecule has 0 radical (unpaired) electrons. The minimum absolute atomic E-state index is 0.811. The molecule has 0 aliphatic carbocycles. The van der Waals surface area contributed by atoms with E-state index >= 15 is 0 Å². The Labute approximate surface area is 254 Å². The van der Waals surface area contributed by atoms with Gasteiger partial charge in [-0.3, -0.25) is 0 Å². The van der Waals surface area contributed by atoms with E-state index in [1.807, 2.05) is 0 Å². The fourth-order valence-corrected chi connectivity index (χ4v) is 4.52. The Morgan fingerprint density at radius 2 is 0.956 bits per heavy atom. The minimum Gasteiger partial charge on any atom is -0.542 e. The molecule has 1 aliphatic rings. The van der Waals surface area contributed by atoms with E-state index in [-0.39, 0.29) is 0 Å². The van der Waals surface area contributed by atoms with E-state index in [0.717, 1.165) is 26.2 Å². The number of carbonyl (C=O) groups excluding carboxylic acids is 2. The number of carbonyl (C=O) groups is 2. The normalized spacial score (nSPS) is 14.7. The van der Waals surface area contributed by atoms with Crippen LogP contribution in [0.5, 0.6) is 0 Å². The van der Waals surface area contributed by atoms with Gasteiger partial charge in [-0.15, -0.1) is 0 Å². The average Bonchev–Trinajstić information content (AvgIpc) is 2.99. The van der Waals surface area contributed by atoms with Gasteiger partial charge in [0.05, 0.1) is 22.1 Å². The predicted molar refractivity (Wildman–Crippen MR) is 150 cm³/mol. The van der Waals surface area contributed by atoms with E-state index in [9.17, 15) is 26.3 Å². The lowest BCUT2D eigenvalue weighted by Crippen LogP contribution is -2.37. The standard InChI is InChI=1S/C27H28N4.2C2HF3O2/c1-8-18-30-20-14-24(22-10-2-4-12-26(22)30)28-16-6-7-17-29-25-15-21-31(19-9-1)27-13-5-3-11-23(25)27;2*3-2(4,5)1(6)7/h2-7,10-15,20-21H,1,8-9,16-19H2;2*(H,6,7)/b7-6+,28-24?,29-25?;;. The number of hydrogen-bond acceptors (Lipinski definition) is 6. The Morgan fingerprint density at radius 1 is 0.600 bits per heavy atom. The molecule has 0 saturated heterocycles. The number of aromatic nitrogens is 2. The van der Waals surface area contributed by atoms with Gasteiger partial charge in [0.2, 0.25) is 11.0 Å². The molecule has 8 nitrogen and oxygen atoms in total. The highest BCUT2D eigenvalue weighted by molar-refractivity contribution is 5.89. The molecule has 0 amide bonds. The monoisotopic (exact) mass is 636 g/mol. The molecule has 0 saturated carbocycles. The summed E-state index contributed by atoms with van der Waals surface area (Å²) in [6.07, 6.45) is 2.04. The quantitative estimate of drug-likeness (QED) is 0.174. The van der Waals surface area contributed by atoms with Crippen LogP contribution in [0.2, 0.25) is 0 Å². The zero-order chi connectivity index (χ0) is 33.0. The second-order valence-corrected chi connectivity index (χ2v) is 9.74. The molecule has 240 valence electrons. The third kappa shape index (κ3) is 10.4. The van der Waals surface area contributed by atoms with Gasteiger partial charge in [0.15, 0.2) is 12.4 Å². The van der Waals surface area contributed by atoms with Crippen LogP contribution in [0.15, 0.2) is 85.2 Å². The molecule has 4 bridgehead atoms. The van der Waals surface area contributed by atoms with E-state index in [4.69, 9.17) is 19.8 Å². The van der Waals surface area contributed by atoms with Gasteiger partial charge in [-0.25, -0.2) is 0 Å². The molecule has 4 aromatic rings. The van der Waals surface area contributed by atoms with E-state index in [1.54, 1.807) is 0 Å². The van der Waals surface area contributed by atoms with Crippen molar-refractivity contribution in [2.24, 2.45) is 0 Å². The summed E-state index contributed by atoms with van der Waals surface area (Å²) in [5.74, 6) is -6.01. The number of fused-ring (bicyclic) bond motifs is 12. The summed E-state index contributed by atoms with van der Waals surface area (Å²) in [6.45, 7) is 3.72. The summed E-state index contributed by atoms with van der Waals surface area (Å²) >= 11 is 0. The van der Waals surface area contributed by atoms with Crippen LogP contribution in [-0.4, -0.2) is 37.4 Å². The number of pyridine rings is 2. The maximum absolute atomic E-state index is 10.5. The van der Waals surface area contributed by atoms with Gasteiger partial charge in [0.25, 0.3) is 0 Å². The van der Waals surface area contributed by atoms with Crippen molar-refractivity contribution in [2.45, 2.75) is 44.7 Å². The summed E-state index contributed by atoms with van der Waals surface area (Å²) in [5.41, 5.74) is 4.98. The van der Waals surface area contributed by atoms with Crippen molar-refractivity contribution >= 4 is 45.1 Å². The van der Waals surface area contributed by atoms with Crippen molar-refractivity contribution in [3.05, 3.63) is 85.2 Å². The fourth-order valence-electron chi connectivity index (χ4n) is 4.52. The first-order valence-corrected chi connectivity index (χ1v) is 13.8. The highest BCUT2D eigenvalue weighted by atomic mass is 19.4. The number of hydrogen-bond donors (Lipinski definition) is 2. The predicted octanol–water partition coefficient (Wildman–Crippen LogP) is 3.43. The van der Waals surface area contributed by atoms with Crippen molar-refractivity contribution < 1.29 is 55.3 Å². The van der Waals surface area contributed by atoms with Crippen molar-refractivity contribution in [1.29, 1.82) is 0 Å². The zero-order valence-corrected chi connectivity index (χ0v) is 23.8. The Kier molecular flexibility index (Phi) is 12.1. The van der Waals surface area contributed by atoms with E-state index in [2.05, 4.69) is 105 Å². The second-order valence-electron chi connectivity index (χ2n) is 9.74. The highest BCUT2D eigenvalue weighted by Gasteiger charge is 2.29. The number of nitrogens with one attached hydrogen (secondary N) is 2. The Morgan fingerprint density at radius 3 is 1.31 bits per heavy atom. The van der Waals surface area contributed by atoms with E-state index in [0.29, 0.717) is 0 Å². The lowest BCUT2D eigenvalue weighted by atomic mass is 10.1. The molecule has 3 heterocycles. The van der Waals surface area contributed by atoms with Crippen LogP contribution in [0.3, 0.4) is 0 Å². The number of aliphatic carboxylic acids is 2. The van der Waals surface area contributed by atoms with Crippen LogP contribution in [0, 0.1) is 0 Å². The van der Waals surface area contributed by atoms with Gasteiger partial charge < -0.3 is 30.4 Å². The van der Waals surface area contributed by atoms with Crippen molar-refractivity contribution in [2.75, 3.05) is 23.7 Å². The first-order valence-electron chi connectivity index (χ1n) is 13.8. The summed E-state index contributed by atoms with van der Waals surface area (Å²) in [6, 6.07) is 21.8. The van der Waals surface area contributed by atoms with Crippen LogP contribution in [0.1, 0.15) is 19.3 Å². The molecule has 1 aliphatic heterocycles. The van der Waals surface area contributed by atoms with E-state index in [1.165, 1.54) is 52.4 Å². The number of halogens is 6. The maximum Gasteiger partial charge on any atom is 0.430 e. The van der Waals surface area contributed by atoms with Crippen LogP contribution < -0.4 is 30.0 Å². The molecular formula is C31H30F6N4O4. The van der Waals surface area contributed by atoms with Crippen LogP contribution in [0.4, 0.5) is 37.7 Å². The highest BCUT2D eigenvalue weighted by Crippen LogP contribution is 2.22. The van der Waals surface area contributed by atoms with Gasteiger partial charge in [-0.2, -0.15) is 35.5 Å². The number of para-hydroxylation sites is 2. The summed E-state index contributed by atoms with van der Waals surface area (Å²) in [5, 5.41) is 27.3. The zero-order valence-electron chi connectivity index (χ0n) is 23.8. The Hall–Kier alpha value is -4.88. The van der Waals surface area contributed by atoms with E-state index < -0.39 is 24.3 Å². The Balaban J connectivity index is 0.000000331. The average molecular weight is 637 g/mol. The van der Waals surface area contributed by atoms with Gasteiger partial charge in [-0.1, -0.05) is 36.4 Å². The van der Waals surface area contributed by atoms with Gasteiger partial charge >= 0.3 is 12.4 Å². The van der Waals surface area contributed by atoms with Crippen molar-refractivity contribution in [3.8, 4) is 0 Å². The largest absolute Gasteiger partial charge is 0.542 e. The summed E-state index contributed by atoms with van der Waals surface area (Å²) < 4.78 is 67.9. The lowest BCUT2D eigenvalue weighted by Gasteiger charge is -2.08. The number of rotatable bonds is 0. The maximum atomic E-state index is 10.5. The first kappa shape index (κ1) is 34.6. The molecule has 0 atom stereocenters. The molecule has 0 unspecified atom stereocenters. The second kappa shape index (κ2) is 15.7. The molecule has 0 fully saturated rings. The number of nitrogens with zero attached hydrogens (tertiary/aromatic N) is 2. The molecular weight excluding hydrogens is 606 g/mol. The summed E-state index contributed by atoms with van der Waals surface area (Å²) in [7, 11) is 0. The molecule has 5 rings (SSSR count). The molecule has 2 aromatic heterocycles. The number of carboxylic acid groups (broad SMARTS) is 2. The molecule has 2 N–H and O–H groups in total. The van der Waals surface area contributed by atoms with Gasteiger partial charge in [0, 0.05) is 50.2 Å². The third-order valence-corrected chi connectivity index (χ3v) is 6.60. The molecule has 2 aromatic carbocycles. The van der Waals surface area contributed by atoms with Gasteiger partial charge in [-0.05, 0) is 18.6 Å². The SMILES string of the molecule is C1=C/CNc2cc[n+](c3ccccc23)CCCCC[n+]2ccc(c3ccccc32)NC/1.O=C([O-])C(F)(F)F.O=C([O-])C(F)(F)F. The minimum atomic E-state index is -5.19. The number of benzene rings is 2. The van der Waals surface area contributed by atoms with Crippen LogP contribution >= 0.6 is 0 Å². The molecule has 45 heavy (non-hydrogen) atoms. The number of aryl methyl sites for hydroxylation is 2. The number of anilines is 2. The third-order valence-electron chi connectivity index (χ3n) is 6.60. The smallest absolute Gasteiger partial charge is 0.430 e. The van der Waals surface area contributed by atoms with Gasteiger partial charge in [0.1, 0.15) is 25.0 Å². The van der Waals surface area contributed by atoms with Crippen molar-refractivity contribution in [3.63, 3.8) is 0 Å². The van der Waals surface area contributed by atoms with Crippen LogP contribution in [0.25, 0.3) is 21.8 Å². The van der Waals surface area contributed by atoms with Crippen molar-refractivity contribution in [1.82, 2.24) is 0 Å². The fraction of sp³-hybridized carbons (Fsp3) is 0.290. The number of alkyl halides is 6. The lowest BCUT2D eigenvalue weighted by molar-refractivity contribution is -0.675. The number of carboxylic acids is 2. The summed E-state index contributed by atoms with van der Waals surface area (Å²) in [4.78, 5) is 17.6. The first-order chi connectivity index (χ1) is 21.3. The Bertz CT molecular complexity index is 1520.